The number of fused-ring (bicyclic) bond motifs is 1. The van der Waals surface area contributed by atoms with Gasteiger partial charge in [0.1, 0.15) is 0 Å². The summed E-state index contributed by atoms with van der Waals surface area (Å²) in [5, 5.41) is 10.2. The molecule has 2 amide bonds. The maximum atomic E-state index is 12.7. The predicted molar refractivity (Wildman–Crippen MR) is 125 cm³/mol. The second-order valence-electron chi connectivity index (χ2n) is 8.73. The number of hydrogen-bond donors (Lipinski definition) is 3. The zero-order valence-electron chi connectivity index (χ0n) is 18.0. The predicted octanol–water partition coefficient (Wildman–Crippen LogP) is 0.469. The van der Waals surface area contributed by atoms with Crippen molar-refractivity contribution in [2.75, 3.05) is 51.6 Å². The minimum atomic E-state index is -0.158. The lowest BCUT2D eigenvalue weighted by atomic mass is 10.0. The van der Waals surface area contributed by atoms with Crippen LogP contribution in [0.4, 0.5) is 5.69 Å². The Bertz CT molecular complexity index is 798. The van der Waals surface area contributed by atoms with E-state index < -0.39 is 0 Å². The Morgan fingerprint density at radius 2 is 1.94 bits per heavy atom. The van der Waals surface area contributed by atoms with E-state index >= 15 is 0 Å². The van der Waals surface area contributed by atoms with Crippen LogP contribution in [0.3, 0.4) is 0 Å². The standard InChI is InChI=1S/C22H32N6O2S/c1-26-9-11-27(12-10-26)20(29)8-7-18-14-23-21(30)19-13-17(15-28(18)19)25-22(31)24-16-5-3-2-4-6-16/h2-6,17-19H,7-15H2,1H3,(H,23,30)(H2,24,25,31). The van der Waals surface area contributed by atoms with E-state index in [9.17, 15) is 9.59 Å². The number of carbonyl (C=O) groups is 2. The molecule has 3 saturated heterocycles. The van der Waals surface area contributed by atoms with Crippen LogP contribution in [0.1, 0.15) is 19.3 Å². The van der Waals surface area contributed by atoms with Gasteiger partial charge in [-0.3, -0.25) is 14.5 Å². The summed E-state index contributed by atoms with van der Waals surface area (Å²) in [7, 11) is 2.09. The normalized spacial score (nSPS) is 26.8. The van der Waals surface area contributed by atoms with Gasteiger partial charge in [-0.2, -0.15) is 0 Å². The van der Waals surface area contributed by atoms with Gasteiger partial charge in [0.25, 0.3) is 0 Å². The monoisotopic (exact) mass is 444 g/mol. The number of anilines is 1. The number of piperazine rings is 2. The van der Waals surface area contributed by atoms with E-state index in [0.717, 1.165) is 44.8 Å². The minimum absolute atomic E-state index is 0.0767. The molecule has 0 bridgehead atoms. The van der Waals surface area contributed by atoms with Crippen molar-refractivity contribution in [2.45, 2.75) is 37.4 Å². The van der Waals surface area contributed by atoms with E-state index in [-0.39, 0.29) is 29.9 Å². The SMILES string of the molecule is CN1CCN(C(=O)CCC2CNC(=O)C3CC(NC(=S)Nc4ccccc4)CN23)CC1. The van der Waals surface area contributed by atoms with E-state index in [1.165, 1.54) is 0 Å². The van der Waals surface area contributed by atoms with E-state index in [1.54, 1.807) is 0 Å². The number of amides is 2. The summed E-state index contributed by atoms with van der Waals surface area (Å²) in [6.45, 7) is 4.84. The highest BCUT2D eigenvalue weighted by Gasteiger charge is 2.43. The Hall–Kier alpha value is -2.23. The van der Waals surface area contributed by atoms with Gasteiger partial charge in [0.15, 0.2) is 5.11 Å². The highest BCUT2D eigenvalue weighted by Crippen LogP contribution is 2.26. The van der Waals surface area contributed by atoms with Crippen LogP contribution in [-0.4, -0.2) is 96.1 Å². The Balaban J connectivity index is 1.28. The van der Waals surface area contributed by atoms with Gasteiger partial charge in [0.2, 0.25) is 11.8 Å². The average molecular weight is 445 g/mol. The molecule has 31 heavy (non-hydrogen) atoms. The Morgan fingerprint density at radius 3 is 2.68 bits per heavy atom. The molecule has 0 radical (unpaired) electrons. The first-order valence-corrected chi connectivity index (χ1v) is 11.5. The van der Waals surface area contributed by atoms with E-state index in [1.807, 2.05) is 35.2 Å². The van der Waals surface area contributed by atoms with Crippen LogP contribution in [0.2, 0.25) is 0 Å². The zero-order valence-corrected chi connectivity index (χ0v) is 18.9. The zero-order chi connectivity index (χ0) is 21.8. The molecule has 4 rings (SSSR count). The number of thiocarbonyl (C=S) groups is 1. The lowest BCUT2D eigenvalue weighted by molar-refractivity contribution is -0.133. The van der Waals surface area contributed by atoms with Crippen molar-refractivity contribution in [3.8, 4) is 0 Å². The molecule has 8 nitrogen and oxygen atoms in total. The summed E-state index contributed by atoms with van der Waals surface area (Å²) in [6.07, 6.45) is 2.01. The number of rotatable bonds is 5. The van der Waals surface area contributed by atoms with Crippen molar-refractivity contribution in [1.29, 1.82) is 0 Å². The Morgan fingerprint density at radius 1 is 1.19 bits per heavy atom. The van der Waals surface area contributed by atoms with E-state index in [4.69, 9.17) is 12.2 Å². The van der Waals surface area contributed by atoms with Gasteiger partial charge in [-0.1, -0.05) is 18.2 Å². The Kier molecular flexibility index (Phi) is 7.04. The summed E-state index contributed by atoms with van der Waals surface area (Å²) in [4.78, 5) is 31.6. The first kappa shape index (κ1) is 22.0. The molecule has 3 fully saturated rings. The lowest BCUT2D eigenvalue weighted by Crippen LogP contribution is -2.58. The van der Waals surface area contributed by atoms with Crippen LogP contribution in [0.15, 0.2) is 30.3 Å². The third-order valence-corrected chi connectivity index (χ3v) is 6.76. The quantitative estimate of drug-likeness (QED) is 0.570. The van der Waals surface area contributed by atoms with Gasteiger partial charge in [-0.25, -0.2) is 0 Å². The largest absolute Gasteiger partial charge is 0.358 e. The molecular weight excluding hydrogens is 412 g/mol. The van der Waals surface area contributed by atoms with Crippen molar-refractivity contribution in [3.05, 3.63) is 30.3 Å². The van der Waals surface area contributed by atoms with Crippen molar-refractivity contribution < 1.29 is 9.59 Å². The summed E-state index contributed by atoms with van der Waals surface area (Å²) in [5.74, 6) is 0.302. The third-order valence-electron chi connectivity index (χ3n) is 6.54. The lowest BCUT2D eigenvalue weighted by Gasteiger charge is -2.38. The van der Waals surface area contributed by atoms with Crippen LogP contribution >= 0.6 is 12.2 Å². The van der Waals surface area contributed by atoms with E-state index in [0.29, 0.717) is 24.5 Å². The fraction of sp³-hybridized carbons (Fsp3) is 0.591. The molecular formula is C22H32N6O2S. The van der Waals surface area contributed by atoms with E-state index in [2.05, 4.69) is 32.8 Å². The molecule has 0 spiro atoms. The van der Waals surface area contributed by atoms with Gasteiger partial charge < -0.3 is 25.8 Å². The molecule has 3 N–H and O–H groups in total. The van der Waals surface area contributed by atoms with Gasteiger partial charge in [0, 0.05) is 63.5 Å². The molecule has 3 aliphatic rings. The maximum Gasteiger partial charge on any atom is 0.237 e. The van der Waals surface area contributed by atoms with Crippen molar-refractivity contribution in [3.63, 3.8) is 0 Å². The topological polar surface area (TPSA) is 79.9 Å². The maximum absolute atomic E-state index is 12.7. The highest BCUT2D eigenvalue weighted by molar-refractivity contribution is 7.80. The number of likely N-dealkylation sites (N-methyl/N-ethyl adjacent to an activating group) is 1. The fourth-order valence-corrected chi connectivity index (χ4v) is 5.01. The van der Waals surface area contributed by atoms with Crippen LogP contribution in [0, 0.1) is 0 Å². The van der Waals surface area contributed by atoms with Gasteiger partial charge in [0.05, 0.1) is 6.04 Å². The molecule has 3 aliphatic heterocycles. The number of benzene rings is 1. The number of para-hydroxylation sites is 1. The average Bonchev–Trinajstić information content (AvgIpc) is 3.19. The third kappa shape index (κ3) is 5.53. The van der Waals surface area contributed by atoms with Crippen LogP contribution in [0.25, 0.3) is 0 Å². The van der Waals surface area contributed by atoms with Gasteiger partial charge in [-0.05, 0) is 44.2 Å². The molecule has 3 unspecified atom stereocenters. The summed E-state index contributed by atoms with van der Waals surface area (Å²) in [6, 6.07) is 9.94. The van der Waals surface area contributed by atoms with Crippen molar-refractivity contribution >= 4 is 34.8 Å². The number of carbonyl (C=O) groups excluding carboxylic acids is 2. The molecule has 0 aliphatic carbocycles. The molecule has 9 heteroatoms. The van der Waals surface area contributed by atoms with Crippen molar-refractivity contribution in [2.24, 2.45) is 0 Å². The van der Waals surface area contributed by atoms with Crippen LogP contribution in [0.5, 0.6) is 0 Å². The molecule has 168 valence electrons. The summed E-state index contributed by atoms with van der Waals surface area (Å²) in [5.41, 5.74) is 0.939. The summed E-state index contributed by atoms with van der Waals surface area (Å²) >= 11 is 5.47. The molecule has 3 heterocycles. The smallest absolute Gasteiger partial charge is 0.237 e. The second kappa shape index (κ2) is 9.93. The van der Waals surface area contributed by atoms with Gasteiger partial charge in [-0.15, -0.1) is 0 Å². The van der Waals surface area contributed by atoms with Crippen LogP contribution in [-0.2, 0) is 9.59 Å². The number of nitrogens with zero attached hydrogens (tertiary/aromatic N) is 3. The molecule has 0 saturated carbocycles. The molecule has 1 aromatic carbocycles. The molecule has 1 aromatic rings. The molecule has 3 atom stereocenters. The van der Waals surface area contributed by atoms with Gasteiger partial charge >= 0.3 is 0 Å². The minimum Gasteiger partial charge on any atom is -0.358 e. The Labute approximate surface area is 189 Å². The first-order chi connectivity index (χ1) is 15.0. The van der Waals surface area contributed by atoms with Crippen molar-refractivity contribution in [1.82, 2.24) is 25.3 Å². The summed E-state index contributed by atoms with van der Waals surface area (Å²) < 4.78 is 0. The number of hydrogen-bond acceptors (Lipinski definition) is 5. The van der Waals surface area contributed by atoms with Crippen LogP contribution < -0.4 is 16.0 Å². The first-order valence-electron chi connectivity index (χ1n) is 11.1. The highest BCUT2D eigenvalue weighted by atomic mass is 32.1. The number of nitrogens with one attached hydrogen (secondary N) is 3. The molecule has 0 aromatic heterocycles. The second-order valence-corrected chi connectivity index (χ2v) is 9.14. The fourth-order valence-electron chi connectivity index (χ4n) is 4.73.